The van der Waals surface area contributed by atoms with Gasteiger partial charge in [-0.25, -0.2) is 15.0 Å². The van der Waals surface area contributed by atoms with Crippen LogP contribution in [0.25, 0.3) is 88.7 Å². The van der Waals surface area contributed by atoms with Gasteiger partial charge in [0.2, 0.25) is 0 Å². The van der Waals surface area contributed by atoms with Crippen LogP contribution >= 0.6 is 0 Å². The topological polar surface area (TPSA) is 38.7 Å². The first-order valence-electron chi connectivity index (χ1n) is 17.5. The second-order valence-electron chi connectivity index (χ2n) is 14.0. The zero-order valence-corrected chi connectivity index (χ0v) is 28.4. The van der Waals surface area contributed by atoms with Crippen LogP contribution in [0.15, 0.2) is 164 Å². The summed E-state index contributed by atoms with van der Waals surface area (Å²) in [4.78, 5) is 15.6. The Balaban J connectivity index is 1.29. The van der Waals surface area contributed by atoms with Crippen LogP contribution in [0.1, 0.15) is 25.0 Å². The van der Waals surface area contributed by atoms with Crippen LogP contribution in [0.2, 0.25) is 0 Å². The molecular weight excluding hydrogens is 619 g/mol. The van der Waals surface area contributed by atoms with Crippen molar-refractivity contribution in [2.24, 2.45) is 0 Å². The molecule has 0 saturated heterocycles. The largest absolute Gasteiger partial charge is 0.208 e. The zero-order valence-electron chi connectivity index (χ0n) is 28.4. The summed E-state index contributed by atoms with van der Waals surface area (Å²) < 4.78 is 0. The molecule has 0 radical (unpaired) electrons. The van der Waals surface area contributed by atoms with Gasteiger partial charge in [0.25, 0.3) is 0 Å². The molecule has 0 fully saturated rings. The third kappa shape index (κ3) is 4.62. The van der Waals surface area contributed by atoms with Crippen molar-refractivity contribution in [1.29, 1.82) is 0 Å². The highest BCUT2D eigenvalue weighted by Gasteiger charge is 2.36. The summed E-state index contributed by atoms with van der Waals surface area (Å²) in [6.07, 6.45) is 0. The Kier molecular flexibility index (Phi) is 6.53. The highest BCUT2D eigenvalue weighted by Crippen LogP contribution is 2.52. The molecule has 0 amide bonds. The van der Waals surface area contributed by atoms with Gasteiger partial charge >= 0.3 is 0 Å². The minimum absolute atomic E-state index is 0.175. The smallest absolute Gasteiger partial charge is 0.165 e. The standard InChI is InChI=1S/C48H33N3/c1-48(2)41-29-34(25-26-37(41)40-27-32-19-9-10-20-33(32)28-42(40)48)43-38-23-13-11-21-35(38)36-22-12-14-24-39(36)44(43)47-50-45(30-15-5-3-6-16-30)49-46(51-47)31-17-7-4-8-18-31/h3-29H,1-2H3. The summed E-state index contributed by atoms with van der Waals surface area (Å²) in [5.74, 6) is 1.97. The Hall–Kier alpha value is -6.45. The van der Waals surface area contributed by atoms with E-state index in [9.17, 15) is 0 Å². The second kappa shape index (κ2) is 11.3. The van der Waals surface area contributed by atoms with Gasteiger partial charge < -0.3 is 0 Å². The van der Waals surface area contributed by atoms with E-state index in [4.69, 9.17) is 15.0 Å². The van der Waals surface area contributed by atoms with Crippen LogP contribution in [0.3, 0.4) is 0 Å². The van der Waals surface area contributed by atoms with Gasteiger partial charge in [0.15, 0.2) is 17.5 Å². The van der Waals surface area contributed by atoms with E-state index in [-0.39, 0.29) is 5.41 Å². The summed E-state index contributed by atoms with van der Waals surface area (Å²) in [5, 5.41) is 7.22. The maximum absolute atomic E-state index is 5.29. The Morgan fingerprint density at radius 3 is 1.43 bits per heavy atom. The van der Waals surface area contributed by atoms with Crippen LogP contribution < -0.4 is 0 Å². The summed E-state index contributed by atoms with van der Waals surface area (Å²) in [6, 6.07) is 58.4. The normalized spacial score (nSPS) is 13.1. The summed E-state index contributed by atoms with van der Waals surface area (Å²) in [6.45, 7) is 4.72. The van der Waals surface area contributed by atoms with Crippen molar-refractivity contribution in [1.82, 2.24) is 15.0 Å². The van der Waals surface area contributed by atoms with E-state index < -0.39 is 0 Å². The van der Waals surface area contributed by atoms with Crippen LogP contribution in [0, 0.1) is 0 Å². The van der Waals surface area contributed by atoms with E-state index in [2.05, 4.69) is 141 Å². The van der Waals surface area contributed by atoms with E-state index in [0.29, 0.717) is 17.5 Å². The first-order valence-corrected chi connectivity index (χ1v) is 17.5. The lowest BCUT2D eigenvalue weighted by Crippen LogP contribution is -2.15. The molecule has 0 bridgehead atoms. The van der Waals surface area contributed by atoms with Crippen molar-refractivity contribution >= 4 is 32.3 Å². The molecule has 3 heteroatoms. The van der Waals surface area contributed by atoms with Gasteiger partial charge in [-0.1, -0.05) is 159 Å². The average molecular weight is 652 g/mol. The Labute approximate surface area is 297 Å². The fourth-order valence-electron chi connectivity index (χ4n) is 8.17. The maximum atomic E-state index is 5.29. The molecule has 1 aromatic heterocycles. The molecule has 51 heavy (non-hydrogen) atoms. The number of hydrogen-bond donors (Lipinski definition) is 0. The quantitative estimate of drug-likeness (QED) is 0.178. The fourth-order valence-corrected chi connectivity index (χ4v) is 8.17. The number of hydrogen-bond acceptors (Lipinski definition) is 3. The molecule has 10 rings (SSSR count). The van der Waals surface area contributed by atoms with Crippen LogP contribution in [-0.2, 0) is 5.41 Å². The molecule has 3 nitrogen and oxygen atoms in total. The van der Waals surface area contributed by atoms with Crippen molar-refractivity contribution < 1.29 is 0 Å². The van der Waals surface area contributed by atoms with E-state index in [1.54, 1.807) is 0 Å². The van der Waals surface area contributed by atoms with Gasteiger partial charge in [-0.05, 0) is 78.3 Å². The van der Waals surface area contributed by atoms with Crippen molar-refractivity contribution in [3.05, 3.63) is 175 Å². The van der Waals surface area contributed by atoms with Crippen molar-refractivity contribution in [3.63, 3.8) is 0 Å². The molecule has 1 heterocycles. The predicted octanol–water partition coefficient (Wildman–Crippen LogP) is 12.3. The first-order chi connectivity index (χ1) is 25.0. The van der Waals surface area contributed by atoms with E-state index in [1.165, 1.54) is 49.2 Å². The van der Waals surface area contributed by atoms with Gasteiger partial charge in [-0.2, -0.15) is 0 Å². The molecular formula is C48H33N3. The van der Waals surface area contributed by atoms with Gasteiger partial charge in [0, 0.05) is 27.7 Å². The average Bonchev–Trinajstić information content (AvgIpc) is 3.41. The number of nitrogens with zero attached hydrogens (tertiary/aromatic N) is 3. The number of rotatable bonds is 4. The number of benzene rings is 8. The van der Waals surface area contributed by atoms with E-state index in [1.807, 2.05) is 36.4 Å². The van der Waals surface area contributed by atoms with Crippen molar-refractivity contribution in [2.75, 3.05) is 0 Å². The fraction of sp³-hybridized carbons (Fsp3) is 0.0625. The Morgan fingerprint density at radius 1 is 0.353 bits per heavy atom. The molecule has 0 spiro atoms. The molecule has 0 saturated carbocycles. The Bertz CT molecular complexity index is 2760. The highest BCUT2D eigenvalue weighted by atomic mass is 15.0. The first kappa shape index (κ1) is 29.5. The lowest BCUT2D eigenvalue weighted by Gasteiger charge is -2.23. The molecule has 0 aliphatic heterocycles. The number of aromatic nitrogens is 3. The molecule has 9 aromatic rings. The molecule has 0 N–H and O–H groups in total. The Morgan fingerprint density at radius 2 is 0.824 bits per heavy atom. The van der Waals surface area contributed by atoms with Gasteiger partial charge in [0.1, 0.15) is 0 Å². The summed E-state index contributed by atoms with van der Waals surface area (Å²) in [5.41, 5.74) is 10.4. The van der Waals surface area contributed by atoms with Crippen LogP contribution in [0.4, 0.5) is 0 Å². The van der Waals surface area contributed by atoms with Gasteiger partial charge in [-0.15, -0.1) is 0 Å². The molecule has 8 aromatic carbocycles. The molecule has 0 atom stereocenters. The maximum Gasteiger partial charge on any atom is 0.165 e. The predicted molar refractivity (Wildman–Crippen MR) is 212 cm³/mol. The highest BCUT2D eigenvalue weighted by molar-refractivity contribution is 6.21. The SMILES string of the molecule is CC1(C)c2cc(-c3c(-c4nc(-c5ccccc5)nc(-c5ccccc5)n4)c4ccccc4c4ccccc34)ccc2-c2cc3ccccc3cc21. The summed E-state index contributed by atoms with van der Waals surface area (Å²) >= 11 is 0. The molecule has 0 unspecified atom stereocenters. The van der Waals surface area contributed by atoms with E-state index >= 15 is 0 Å². The number of fused-ring (bicyclic) bond motifs is 7. The minimum Gasteiger partial charge on any atom is -0.208 e. The molecule has 1 aliphatic carbocycles. The van der Waals surface area contributed by atoms with Gasteiger partial charge in [0.05, 0.1) is 0 Å². The minimum atomic E-state index is -0.175. The van der Waals surface area contributed by atoms with Crippen LogP contribution in [-0.4, -0.2) is 15.0 Å². The third-order valence-electron chi connectivity index (χ3n) is 10.7. The van der Waals surface area contributed by atoms with Gasteiger partial charge in [-0.3, -0.25) is 0 Å². The van der Waals surface area contributed by atoms with Crippen LogP contribution in [0.5, 0.6) is 0 Å². The monoisotopic (exact) mass is 651 g/mol. The lowest BCUT2D eigenvalue weighted by molar-refractivity contribution is 0.661. The van der Waals surface area contributed by atoms with Crippen molar-refractivity contribution in [3.8, 4) is 56.4 Å². The third-order valence-corrected chi connectivity index (χ3v) is 10.7. The van der Waals surface area contributed by atoms with E-state index in [0.717, 1.165) is 33.2 Å². The van der Waals surface area contributed by atoms with Crippen molar-refractivity contribution in [2.45, 2.75) is 19.3 Å². The zero-order chi connectivity index (χ0) is 34.1. The molecule has 1 aliphatic rings. The summed E-state index contributed by atoms with van der Waals surface area (Å²) in [7, 11) is 0. The lowest BCUT2D eigenvalue weighted by atomic mass is 9.80. The molecule has 240 valence electrons. The second-order valence-corrected chi connectivity index (χ2v) is 14.0.